The van der Waals surface area contributed by atoms with Crippen molar-refractivity contribution in [2.45, 2.75) is 46.1 Å². The van der Waals surface area contributed by atoms with Crippen molar-refractivity contribution in [1.29, 1.82) is 0 Å². The van der Waals surface area contributed by atoms with Crippen LogP contribution in [0.4, 0.5) is 0 Å². The molecule has 2 N–H and O–H groups in total. The van der Waals surface area contributed by atoms with Crippen LogP contribution >= 0.6 is 12.2 Å². The molecule has 7 nitrogen and oxygen atoms in total. The number of allylic oxidation sites excluding steroid dienone is 4. The van der Waals surface area contributed by atoms with Gasteiger partial charge in [-0.05, 0) is 74.7 Å². The Morgan fingerprint density at radius 1 is 1.11 bits per heavy atom. The molecule has 1 unspecified atom stereocenters. The quantitative estimate of drug-likeness (QED) is 0.517. The Morgan fingerprint density at radius 2 is 1.86 bits per heavy atom. The van der Waals surface area contributed by atoms with Crippen LogP contribution in [0.25, 0.3) is 10.9 Å². The van der Waals surface area contributed by atoms with Gasteiger partial charge in [-0.1, -0.05) is 18.2 Å². The van der Waals surface area contributed by atoms with Crippen molar-refractivity contribution < 1.29 is 19.0 Å². The van der Waals surface area contributed by atoms with Gasteiger partial charge in [-0.15, -0.1) is 0 Å². The molecule has 2 aliphatic carbocycles. The second kappa shape index (κ2) is 11.0. The minimum atomic E-state index is -0.153. The summed E-state index contributed by atoms with van der Waals surface area (Å²) in [4.78, 5) is 17.1. The van der Waals surface area contributed by atoms with Crippen LogP contribution < -0.4 is 24.8 Å². The highest BCUT2D eigenvalue weighted by atomic mass is 32.1. The van der Waals surface area contributed by atoms with Gasteiger partial charge < -0.3 is 19.5 Å². The lowest BCUT2D eigenvalue weighted by Gasteiger charge is -2.27. The Morgan fingerprint density at radius 3 is 2.58 bits per heavy atom. The predicted octanol–water partition coefficient (Wildman–Crippen LogP) is 5.28. The molecule has 0 aliphatic heterocycles. The number of amides is 1. The van der Waals surface area contributed by atoms with Crippen LogP contribution in [0.2, 0.25) is 0 Å². The molecule has 1 heterocycles. The van der Waals surface area contributed by atoms with Crippen molar-refractivity contribution in [2.24, 2.45) is 0 Å². The fraction of sp³-hybridized carbons (Fsp3) is 0.321. The zero-order valence-corrected chi connectivity index (χ0v) is 22.0. The van der Waals surface area contributed by atoms with E-state index in [2.05, 4.69) is 21.7 Å². The van der Waals surface area contributed by atoms with E-state index < -0.39 is 0 Å². The maximum atomic E-state index is 12.7. The van der Waals surface area contributed by atoms with Crippen molar-refractivity contribution in [2.75, 3.05) is 14.2 Å². The minimum absolute atomic E-state index is 0.151. The zero-order valence-electron chi connectivity index (χ0n) is 21.2. The molecule has 8 heteroatoms. The summed E-state index contributed by atoms with van der Waals surface area (Å²) in [6, 6.07) is 5.58. The molecule has 0 bridgehead atoms. The normalized spacial score (nSPS) is 17.6. The lowest BCUT2D eigenvalue weighted by molar-refractivity contribution is -0.116. The third-order valence-corrected chi connectivity index (χ3v) is 6.85. The SMILES string of the molecule is COc1cc2nccc(OC3CC=C(NC(=S)NC(=O)C4=C(C)C=CCC4)C(C)=C3C)c2cc1OC. The van der Waals surface area contributed by atoms with Gasteiger partial charge in [0.1, 0.15) is 11.9 Å². The number of nitrogens with zero attached hydrogens (tertiary/aromatic N) is 1. The minimum Gasteiger partial charge on any atom is -0.493 e. The number of hydrogen-bond donors (Lipinski definition) is 2. The van der Waals surface area contributed by atoms with Gasteiger partial charge in [0.15, 0.2) is 16.6 Å². The van der Waals surface area contributed by atoms with E-state index in [0.717, 1.165) is 57.5 Å². The molecule has 4 rings (SSSR count). The maximum absolute atomic E-state index is 12.7. The lowest BCUT2D eigenvalue weighted by atomic mass is 9.94. The Kier molecular flexibility index (Phi) is 7.74. The number of hydrogen-bond acceptors (Lipinski definition) is 6. The van der Waals surface area contributed by atoms with E-state index in [1.807, 2.05) is 51.1 Å². The van der Waals surface area contributed by atoms with Gasteiger partial charge in [-0.2, -0.15) is 0 Å². The number of methoxy groups -OCH3 is 2. The van der Waals surface area contributed by atoms with Crippen LogP contribution in [-0.4, -0.2) is 36.3 Å². The highest BCUT2D eigenvalue weighted by Crippen LogP contribution is 2.37. The van der Waals surface area contributed by atoms with Crippen molar-refractivity contribution in [3.8, 4) is 17.2 Å². The predicted molar refractivity (Wildman–Crippen MR) is 145 cm³/mol. The third-order valence-electron chi connectivity index (χ3n) is 6.64. The highest BCUT2D eigenvalue weighted by Gasteiger charge is 2.23. The average Bonchev–Trinajstić information content (AvgIpc) is 2.87. The Balaban J connectivity index is 1.47. The monoisotopic (exact) mass is 505 g/mol. The fourth-order valence-electron chi connectivity index (χ4n) is 4.40. The van der Waals surface area contributed by atoms with Gasteiger partial charge >= 0.3 is 0 Å². The summed E-state index contributed by atoms with van der Waals surface area (Å²) in [7, 11) is 3.21. The second-order valence-corrected chi connectivity index (χ2v) is 9.22. The molecule has 0 saturated carbocycles. The van der Waals surface area contributed by atoms with E-state index in [4.69, 9.17) is 26.4 Å². The van der Waals surface area contributed by atoms with E-state index in [1.165, 1.54) is 0 Å². The first-order chi connectivity index (χ1) is 17.3. The fourth-order valence-corrected chi connectivity index (χ4v) is 4.61. The molecule has 188 valence electrons. The average molecular weight is 506 g/mol. The molecular weight excluding hydrogens is 474 g/mol. The van der Waals surface area contributed by atoms with Crippen LogP contribution in [0.15, 0.2) is 70.6 Å². The summed E-state index contributed by atoms with van der Waals surface area (Å²) in [6.45, 7) is 6.01. The number of thiocarbonyl (C=S) groups is 1. The maximum Gasteiger partial charge on any atom is 0.253 e. The van der Waals surface area contributed by atoms with Crippen molar-refractivity contribution >= 4 is 34.1 Å². The Bertz CT molecular complexity index is 1340. The molecular formula is C28H31N3O4S. The van der Waals surface area contributed by atoms with E-state index in [9.17, 15) is 4.79 Å². The van der Waals surface area contributed by atoms with Crippen LogP contribution in [0.3, 0.4) is 0 Å². The largest absolute Gasteiger partial charge is 0.493 e. The Hall–Kier alpha value is -3.65. The molecule has 2 aromatic rings. The first-order valence-electron chi connectivity index (χ1n) is 11.9. The summed E-state index contributed by atoms with van der Waals surface area (Å²) >= 11 is 5.43. The number of rotatable bonds is 6. The molecule has 1 aromatic heterocycles. The van der Waals surface area contributed by atoms with Crippen molar-refractivity contribution in [3.05, 3.63) is 70.6 Å². The number of aromatic nitrogens is 1. The van der Waals surface area contributed by atoms with Gasteiger partial charge in [0.2, 0.25) is 0 Å². The number of nitrogens with one attached hydrogen (secondary N) is 2. The number of carbonyl (C=O) groups excluding carboxylic acids is 1. The van der Waals surface area contributed by atoms with E-state index >= 15 is 0 Å². The van der Waals surface area contributed by atoms with Crippen LogP contribution in [-0.2, 0) is 4.79 Å². The number of pyridine rings is 1. The van der Waals surface area contributed by atoms with Crippen molar-refractivity contribution in [1.82, 2.24) is 15.6 Å². The molecule has 0 radical (unpaired) electrons. The summed E-state index contributed by atoms with van der Waals surface area (Å²) in [5.41, 5.74) is 5.49. The van der Waals surface area contributed by atoms with Crippen LogP contribution in [0, 0.1) is 0 Å². The molecule has 1 aromatic carbocycles. The molecule has 0 fully saturated rings. The van der Waals surface area contributed by atoms with Gasteiger partial charge in [0.25, 0.3) is 5.91 Å². The lowest BCUT2D eigenvalue weighted by Crippen LogP contribution is -2.40. The standard InChI is InChI=1S/C28H31N3O4S/c1-16-8-6-7-9-19(16)27(32)31-28(36)30-21-10-11-23(18(3)17(21)2)35-24-12-13-29-22-15-26(34-5)25(33-4)14-20(22)24/h6,8,10,12-15,23H,7,9,11H2,1-5H3,(H2,30,31,32,36). The molecule has 0 spiro atoms. The number of ether oxygens (including phenoxy) is 3. The number of carbonyl (C=O) groups is 1. The van der Waals surface area contributed by atoms with Gasteiger partial charge in [0, 0.05) is 35.3 Å². The zero-order chi connectivity index (χ0) is 25.8. The molecule has 1 amide bonds. The number of fused-ring (bicyclic) bond motifs is 1. The second-order valence-electron chi connectivity index (χ2n) is 8.81. The van der Waals surface area contributed by atoms with Gasteiger partial charge in [-0.25, -0.2) is 0 Å². The first-order valence-corrected chi connectivity index (χ1v) is 12.3. The molecule has 0 saturated heterocycles. The third kappa shape index (κ3) is 5.28. The molecule has 1 atom stereocenters. The van der Waals surface area contributed by atoms with Gasteiger partial charge in [0.05, 0.1) is 19.7 Å². The number of benzene rings is 1. The highest BCUT2D eigenvalue weighted by molar-refractivity contribution is 7.80. The van der Waals surface area contributed by atoms with E-state index in [1.54, 1.807) is 20.4 Å². The molecule has 36 heavy (non-hydrogen) atoms. The summed E-state index contributed by atoms with van der Waals surface area (Å²) in [6.07, 6.45) is 9.90. The molecule has 2 aliphatic rings. The van der Waals surface area contributed by atoms with Crippen molar-refractivity contribution in [3.63, 3.8) is 0 Å². The Labute approximate surface area is 216 Å². The van der Waals surface area contributed by atoms with E-state index in [-0.39, 0.29) is 17.1 Å². The van der Waals surface area contributed by atoms with Crippen LogP contribution in [0.1, 0.15) is 40.0 Å². The topological polar surface area (TPSA) is 81.7 Å². The van der Waals surface area contributed by atoms with E-state index in [0.29, 0.717) is 17.9 Å². The summed E-state index contributed by atoms with van der Waals surface area (Å²) in [5.74, 6) is 1.80. The summed E-state index contributed by atoms with van der Waals surface area (Å²) < 4.78 is 17.3. The first kappa shape index (κ1) is 25.4. The smallest absolute Gasteiger partial charge is 0.253 e. The van der Waals surface area contributed by atoms with Crippen LogP contribution in [0.5, 0.6) is 17.2 Å². The summed E-state index contributed by atoms with van der Waals surface area (Å²) in [5, 5.41) is 7.14. The van der Waals surface area contributed by atoms with Gasteiger partial charge in [-0.3, -0.25) is 15.1 Å².